The number of amides is 1. The summed E-state index contributed by atoms with van der Waals surface area (Å²) in [5, 5.41) is 0. The minimum atomic E-state index is 0.198. The number of piperidine rings is 1. The van der Waals surface area contributed by atoms with Crippen LogP contribution in [-0.2, 0) is 4.79 Å². The van der Waals surface area contributed by atoms with Gasteiger partial charge in [-0.3, -0.25) is 9.69 Å². The van der Waals surface area contributed by atoms with E-state index in [-0.39, 0.29) is 5.91 Å². The number of likely N-dealkylation sites (tertiary alicyclic amines) is 1. The number of allylic oxidation sites excluding steroid dienone is 1. The monoisotopic (exact) mass is 210 g/mol. The van der Waals surface area contributed by atoms with Crippen molar-refractivity contribution in [3.63, 3.8) is 0 Å². The van der Waals surface area contributed by atoms with Gasteiger partial charge in [0.25, 0.3) is 0 Å². The Balaban J connectivity index is 2.32. The smallest absolute Gasteiger partial charge is 0.236 e. The molecular weight excluding hydrogens is 188 g/mol. The Labute approximate surface area is 92.7 Å². The van der Waals surface area contributed by atoms with Crippen molar-refractivity contribution >= 4 is 5.91 Å². The topological polar surface area (TPSA) is 23.6 Å². The Hall–Kier alpha value is -0.830. The van der Waals surface area contributed by atoms with E-state index in [1.807, 2.05) is 14.1 Å². The first-order chi connectivity index (χ1) is 7.00. The van der Waals surface area contributed by atoms with Crippen LogP contribution in [0.5, 0.6) is 0 Å². The summed E-state index contributed by atoms with van der Waals surface area (Å²) in [6.07, 6.45) is 2.30. The number of hydrogen-bond acceptors (Lipinski definition) is 2. The minimum absolute atomic E-state index is 0.198. The molecule has 1 aliphatic rings. The van der Waals surface area contributed by atoms with Crippen LogP contribution in [-0.4, -0.2) is 49.4 Å². The molecule has 0 saturated carbocycles. The molecule has 0 spiro atoms. The molecule has 0 aromatic heterocycles. The molecule has 1 heterocycles. The Bertz CT molecular complexity index is 240. The molecule has 0 radical (unpaired) electrons. The molecule has 0 aromatic rings. The maximum absolute atomic E-state index is 11.5. The Morgan fingerprint density at radius 2 is 1.93 bits per heavy atom. The Kier molecular flexibility index (Phi) is 4.33. The summed E-state index contributed by atoms with van der Waals surface area (Å²) >= 11 is 0. The molecule has 1 amide bonds. The van der Waals surface area contributed by atoms with Crippen LogP contribution in [0, 0.1) is 5.92 Å². The molecule has 0 bridgehead atoms. The first-order valence-electron chi connectivity index (χ1n) is 5.58. The SMILES string of the molecule is C=C(C)C1CCN(CC(=O)N(C)C)CC1. The number of hydrogen-bond donors (Lipinski definition) is 0. The second-order valence-electron chi connectivity index (χ2n) is 4.68. The number of rotatable bonds is 3. The fourth-order valence-electron chi connectivity index (χ4n) is 1.92. The summed E-state index contributed by atoms with van der Waals surface area (Å²) in [5.41, 5.74) is 1.29. The van der Waals surface area contributed by atoms with Gasteiger partial charge in [-0.25, -0.2) is 0 Å². The zero-order chi connectivity index (χ0) is 11.4. The Morgan fingerprint density at radius 3 is 2.33 bits per heavy atom. The predicted octanol–water partition coefficient (Wildman–Crippen LogP) is 1.36. The molecule has 3 nitrogen and oxygen atoms in total. The van der Waals surface area contributed by atoms with E-state index >= 15 is 0 Å². The molecule has 86 valence electrons. The van der Waals surface area contributed by atoms with Crippen molar-refractivity contribution in [2.24, 2.45) is 5.92 Å². The standard InChI is InChI=1S/C12H22N2O/c1-10(2)11-5-7-14(8-6-11)9-12(15)13(3)4/h11H,1,5-9H2,2-4H3. The van der Waals surface area contributed by atoms with Crippen LogP contribution < -0.4 is 0 Å². The lowest BCUT2D eigenvalue weighted by Crippen LogP contribution is -2.41. The lowest BCUT2D eigenvalue weighted by Gasteiger charge is -2.32. The Morgan fingerprint density at radius 1 is 1.40 bits per heavy atom. The average Bonchev–Trinajstić information content (AvgIpc) is 2.18. The number of nitrogens with zero attached hydrogens (tertiary/aromatic N) is 2. The fraction of sp³-hybridized carbons (Fsp3) is 0.750. The van der Waals surface area contributed by atoms with Gasteiger partial charge in [0, 0.05) is 14.1 Å². The molecule has 0 aliphatic carbocycles. The normalized spacial score (nSPS) is 18.9. The molecule has 15 heavy (non-hydrogen) atoms. The van der Waals surface area contributed by atoms with E-state index in [2.05, 4.69) is 18.4 Å². The maximum atomic E-state index is 11.5. The first kappa shape index (κ1) is 12.2. The third-order valence-corrected chi connectivity index (χ3v) is 3.14. The number of likely N-dealkylation sites (N-methyl/N-ethyl adjacent to an activating group) is 1. The molecule has 1 fully saturated rings. The van der Waals surface area contributed by atoms with Crippen LogP contribution in [0.25, 0.3) is 0 Å². The van der Waals surface area contributed by atoms with E-state index in [9.17, 15) is 4.79 Å². The highest BCUT2D eigenvalue weighted by atomic mass is 16.2. The zero-order valence-corrected chi connectivity index (χ0v) is 10.1. The van der Waals surface area contributed by atoms with Crippen LogP contribution in [0.15, 0.2) is 12.2 Å². The number of carbonyl (C=O) groups excluding carboxylic acids is 1. The van der Waals surface area contributed by atoms with Crippen molar-refractivity contribution in [1.82, 2.24) is 9.80 Å². The third kappa shape index (κ3) is 3.67. The molecule has 1 aliphatic heterocycles. The van der Waals surface area contributed by atoms with Crippen molar-refractivity contribution in [1.29, 1.82) is 0 Å². The summed E-state index contributed by atoms with van der Waals surface area (Å²) in [6.45, 7) is 8.72. The van der Waals surface area contributed by atoms with Gasteiger partial charge < -0.3 is 4.90 Å². The predicted molar refractivity (Wildman–Crippen MR) is 62.7 cm³/mol. The van der Waals surface area contributed by atoms with Crippen LogP contribution in [0.3, 0.4) is 0 Å². The van der Waals surface area contributed by atoms with Gasteiger partial charge in [0.15, 0.2) is 0 Å². The summed E-state index contributed by atoms with van der Waals surface area (Å²) in [6, 6.07) is 0. The summed E-state index contributed by atoms with van der Waals surface area (Å²) < 4.78 is 0. The summed E-state index contributed by atoms with van der Waals surface area (Å²) in [4.78, 5) is 15.4. The van der Waals surface area contributed by atoms with Gasteiger partial charge in [-0.15, -0.1) is 0 Å². The summed E-state index contributed by atoms with van der Waals surface area (Å²) in [7, 11) is 3.62. The van der Waals surface area contributed by atoms with Gasteiger partial charge >= 0.3 is 0 Å². The molecule has 0 atom stereocenters. The lowest BCUT2D eigenvalue weighted by atomic mass is 9.91. The van der Waals surface area contributed by atoms with E-state index in [0.29, 0.717) is 12.5 Å². The number of carbonyl (C=O) groups is 1. The summed E-state index contributed by atoms with van der Waals surface area (Å²) in [5.74, 6) is 0.861. The van der Waals surface area contributed by atoms with E-state index in [1.54, 1.807) is 4.90 Å². The van der Waals surface area contributed by atoms with E-state index in [0.717, 1.165) is 25.9 Å². The van der Waals surface area contributed by atoms with Gasteiger partial charge in [0.1, 0.15) is 0 Å². The first-order valence-corrected chi connectivity index (χ1v) is 5.58. The van der Waals surface area contributed by atoms with E-state index in [1.165, 1.54) is 5.57 Å². The molecule has 0 N–H and O–H groups in total. The van der Waals surface area contributed by atoms with Gasteiger partial charge in [-0.05, 0) is 38.8 Å². The van der Waals surface area contributed by atoms with Crippen molar-refractivity contribution in [3.05, 3.63) is 12.2 Å². The molecule has 3 heteroatoms. The molecule has 1 saturated heterocycles. The molecule has 1 rings (SSSR count). The van der Waals surface area contributed by atoms with Gasteiger partial charge in [-0.1, -0.05) is 12.2 Å². The minimum Gasteiger partial charge on any atom is -0.348 e. The second-order valence-corrected chi connectivity index (χ2v) is 4.68. The van der Waals surface area contributed by atoms with E-state index < -0.39 is 0 Å². The molecule has 0 aromatic carbocycles. The van der Waals surface area contributed by atoms with Crippen LogP contribution in [0.2, 0.25) is 0 Å². The second kappa shape index (κ2) is 5.31. The van der Waals surface area contributed by atoms with E-state index in [4.69, 9.17) is 0 Å². The fourth-order valence-corrected chi connectivity index (χ4v) is 1.92. The van der Waals surface area contributed by atoms with Crippen molar-refractivity contribution < 1.29 is 4.79 Å². The molecular formula is C12H22N2O. The molecule has 0 unspecified atom stereocenters. The average molecular weight is 210 g/mol. The highest BCUT2D eigenvalue weighted by Gasteiger charge is 2.21. The highest BCUT2D eigenvalue weighted by Crippen LogP contribution is 2.22. The van der Waals surface area contributed by atoms with Crippen LogP contribution >= 0.6 is 0 Å². The van der Waals surface area contributed by atoms with Crippen LogP contribution in [0.1, 0.15) is 19.8 Å². The van der Waals surface area contributed by atoms with Gasteiger partial charge in [-0.2, -0.15) is 0 Å². The maximum Gasteiger partial charge on any atom is 0.236 e. The van der Waals surface area contributed by atoms with Gasteiger partial charge in [0.2, 0.25) is 5.91 Å². The largest absolute Gasteiger partial charge is 0.348 e. The quantitative estimate of drug-likeness (QED) is 0.657. The zero-order valence-electron chi connectivity index (χ0n) is 10.1. The highest BCUT2D eigenvalue weighted by molar-refractivity contribution is 5.77. The van der Waals surface area contributed by atoms with Crippen molar-refractivity contribution in [2.45, 2.75) is 19.8 Å². The van der Waals surface area contributed by atoms with Crippen molar-refractivity contribution in [3.8, 4) is 0 Å². The third-order valence-electron chi connectivity index (χ3n) is 3.14. The van der Waals surface area contributed by atoms with Crippen molar-refractivity contribution in [2.75, 3.05) is 33.7 Å². The lowest BCUT2D eigenvalue weighted by molar-refractivity contribution is -0.130. The van der Waals surface area contributed by atoms with Crippen LogP contribution in [0.4, 0.5) is 0 Å². The van der Waals surface area contributed by atoms with Gasteiger partial charge in [0.05, 0.1) is 6.54 Å².